The Balaban J connectivity index is 1.48. The van der Waals surface area contributed by atoms with Gasteiger partial charge in [-0.05, 0) is 43.2 Å². The highest BCUT2D eigenvalue weighted by Crippen LogP contribution is 2.37. The lowest BCUT2D eigenvalue weighted by molar-refractivity contribution is -0.385. The molecule has 4 rings (SSSR count). The highest BCUT2D eigenvalue weighted by atomic mass is 35.5. The smallest absolute Gasteiger partial charge is 0.313 e. The maximum Gasteiger partial charge on any atom is 0.313 e. The Labute approximate surface area is 189 Å². The first-order chi connectivity index (χ1) is 15.4. The highest BCUT2D eigenvalue weighted by Gasteiger charge is 2.19. The molecule has 32 heavy (non-hydrogen) atoms. The van der Waals surface area contributed by atoms with Gasteiger partial charge in [0.15, 0.2) is 11.5 Å². The molecule has 0 aliphatic carbocycles. The molecule has 0 atom stereocenters. The molecule has 3 aromatic rings. The number of rotatable bonds is 7. The molecule has 0 saturated heterocycles. The topological polar surface area (TPSA) is 109 Å². The molecule has 0 radical (unpaired) electrons. The number of benzene rings is 2. The third kappa shape index (κ3) is 4.67. The molecule has 0 saturated carbocycles. The van der Waals surface area contributed by atoms with Crippen molar-refractivity contribution in [3.8, 4) is 17.2 Å². The zero-order chi connectivity index (χ0) is 22.7. The fraction of sp³-hybridized carbons (Fsp3) is 0.273. The summed E-state index contributed by atoms with van der Waals surface area (Å²) < 4.78 is 13.2. The first kappa shape index (κ1) is 21.6. The lowest BCUT2D eigenvalue weighted by Crippen LogP contribution is -2.23. The summed E-state index contributed by atoms with van der Waals surface area (Å²) in [5.74, 6) is 1.27. The van der Waals surface area contributed by atoms with Crippen molar-refractivity contribution in [1.29, 1.82) is 0 Å². The molecule has 0 spiro atoms. The second kappa shape index (κ2) is 9.27. The van der Waals surface area contributed by atoms with E-state index in [-0.39, 0.29) is 33.9 Å². The maximum atomic E-state index is 12.6. The molecule has 166 valence electrons. The van der Waals surface area contributed by atoms with E-state index in [1.807, 2.05) is 6.20 Å². The summed E-state index contributed by atoms with van der Waals surface area (Å²) in [6, 6.07) is 8.72. The Bertz CT molecular complexity index is 1150. The van der Waals surface area contributed by atoms with Crippen LogP contribution in [0.15, 0.2) is 42.6 Å². The molecule has 0 unspecified atom stereocenters. The molecule has 9 nitrogen and oxygen atoms in total. The van der Waals surface area contributed by atoms with Crippen molar-refractivity contribution in [2.45, 2.75) is 32.4 Å². The van der Waals surface area contributed by atoms with Crippen LogP contribution in [-0.2, 0) is 19.5 Å². The molecule has 1 amide bonds. The van der Waals surface area contributed by atoms with Gasteiger partial charge in [0, 0.05) is 35.8 Å². The summed E-state index contributed by atoms with van der Waals surface area (Å²) in [7, 11) is 1.43. The van der Waals surface area contributed by atoms with Crippen LogP contribution >= 0.6 is 11.6 Å². The van der Waals surface area contributed by atoms with Crippen LogP contribution in [0.3, 0.4) is 0 Å². The molecule has 0 fully saturated rings. The standard InChI is InChI=1S/C22H21ClN4O5/c1-31-20-10-14(22(28)24-12-16-13-26-9-3-2-4-21(26)25-16)5-7-19(20)32-18-8-6-15(23)11-17(18)27(29)30/h5-8,10-11,13H,2-4,9,12H2,1H3,(H,24,28). The predicted molar refractivity (Wildman–Crippen MR) is 118 cm³/mol. The summed E-state index contributed by atoms with van der Waals surface area (Å²) >= 11 is 5.85. The fourth-order valence-electron chi connectivity index (χ4n) is 3.56. The number of aryl methyl sites for hydroxylation is 2. The van der Waals surface area contributed by atoms with Gasteiger partial charge in [-0.2, -0.15) is 0 Å². The molecule has 1 aromatic heterocycles. The van der Waals surface area contributed by atoms with Gasteiger partial charge in [-0.3, -0.25) is 14.9 Å². The number of aromatic nitrogens is 2. The van der Waals surface area contributed by atoms with E-state index in [2.05, 4.69) is 14.9 Å². The van der Waals surface area contributed by atoms with Crippen molar-refractivity contribution >= 4 is 23.2 Å². The molecule has 10 heteroatoms. The van der Waals surface area contributed by atoms with E-state index in [0.29, 0.717) is 12.1 Å². The zero-order valence-electron chi connectivity index (χ0n) is 17.3. The van der Waals surface area contributed by atoms with Gasteiger partial charge in [0.05, 0.1) is 24.3 Å². The van der Waals surface area contributed by atoms with Gasteiger partial charge in [0.1, 0.15) is 5.82 Å². The van der Waals surface area contributed by atoms with E-state index < -0.39 is 4.92 Å². The third-order valence-corrected chi connectivity index (χ3v) is 5.39. The monoisotopic (exact) mass is 456 g/mol. The highest BCUT2D eigenvalue weighted by molar-refractivity contribution is 6.30. The van der Waals surface area contributed by atoms with E-state index in [0.717, 1.165) is 37.3 Å². The third-order valence-electron chi connectivity index (χ3n) is 5.15. The number of nitrogens with zero attached hydrogens (tertiary/aromatic N) is 3. The number of nitrogens with one attached hydrogen (secondary N) is 1. The van der Waals surface area contributed by atoms with Crippen molar-refractivity contribution in [2.75, 3.05) is 7.11 Å². The molecular weight excluding hydrogens is 436 g/mol. The van der Waals surface area contributed by atoms with Gasteiger partial charge in [-0.1, -0.05) is 11.6 Å². The van der Waals surface area contributed by atoms with Gasteiger partial charge in [0.2, 0.25) is 5.75 Å². The molecule has 1 aliphatic heterocycles. The number of ether oxygens (including phenoxy) is 2. The predicted octanol–water partition coefficient (Wildman–Crippen LogP) is 4.51. The van der Waals surface area contributed by atoms with Crippen LogP contribution in [0.25, 0.3) is 0 Å². The van der Waals surface area contributed by atoms with Crippen molar-refractivity contribution in [1.82, 2.24) is 14.9 Å². The molecule has 1 N–H and O–H groups in total. The van der Waals surface area contributed by atoms with Crippen LogP contribution in [-0.4, -0.2) is 27.5 Å². The quantitative estimate of drug-likeness (QED) is 0.414. The lowest BCUT2D eigenvalue weighted by atomic mass is 10.2. The summed E-state index contributed by atoms with van der Waals surface area (Å²) in [6.07, 6.45) is 5.21. The van der Waals surface area contributed by atoms with Gasteiger partial charge >= 0.3 is 5.69 Å². The second-order valence-electron chi connectivity index (χ2n) is 7.32. The number of methoxy groups -OCH3 is 1. The largest absolute Gasteiger partial charge is 0.493 e. The molecular formula is C22H21ClN4O5. The van der Waals surface area contributed by atoms with Crippen LogP contribution in [0, 0.1) is 10.1 Å². The fourth-order valence-corrected chi connectivity index (χ4v) is 3.73. The molecule has 2 heterocycles. The van der Waals surface area contributed by atoms with E-state index in [1.54, 1.807) is 6.07 Å². The summed E-state index contributed by atoms with van der Waals surface area (Å²) in [6.45, 7) is 1.27. The molecule has 2 aromatic carbocycles. The van der Waals surface area contributed by atoms with Crippen LogP contribution in [0.5, 0.6) is 17.2 Å². The maximum absolute atomic E-state index is 12.6. The Morgan fingerprint density at radius 3 is 2.78 bits per heavy atom. The van der Waals surface area contributed by atoms with Crippen LogP contribution in [0.1, 0.15) is 34.7 Å². The normalized spacial score (nSPS) is 12.7. The number of nitro groups is 1. The minimum atomic E-state index is -0.580. The van der Waals surface area contributed by atoms with Gasteiger partial charge in [-0.25, -0.2) is 4.98 Å². The average molecular weight is 457 g/mol. The number of hydrogen-bond acceptors (Lipinski definition) is 6. The summed E-state index contributed by atoms with van der Waals surface area (Å²) in [4.78, 5) is 27.9. The van der Waals surface area contributed by atoms with Gasteiger partial charge in [0.25, 0.3) is 5.91 Å². The number of fused-ring (bicyclic) bond motifs is 1. The second-order valence-corrected chi connectivity index (χ2v) is 7.75. The van der Waals surface area contributed by atoms with Crippen LogP contribution in [0.2, 0.25) is 5.02 Å². The number of carbonyl (C=O) groups is 1. The van der Waals surface area contributed by atoms with Crippen molar-refractivity contribution < 1.29 is 19.2 Å². The molecule has 1 aliphatic rings. The van der Waals surface area contributed by atoms with Crippen molar-refractivity contribution in [3.63, 3.8) is 0 Å². The number of imidazole rings is 1. The van der Waals surface area contributed by atoms with Gasteiger partial charge in [-0.15, -0.1) is 0 Å². The average Bonchev–Trinajstić information content (AvgIpc) is 3.21. The lowest BCUT2D eigenvalue weighted by Gasteiger charge is -2.12. The Hall–Kier alpha value is -3.59. The van der Waals surface area contributed by atoms with E-state index in [4.69, 9.17) is 21.1 Å². The minimum Gasteiger partial charge on any atom is -0.493 e. The van der Waals surface area contributed by atoms with E-state index in [1.165, 1.54) is 37.4 Å². The number of carbonyl (C=O) groups excluding carboxylic acids is 1. The molecule has 0 bridgehead atoms. The van der Waals surface area contributed by atoms with Gasteiger partial charge < -0.3 is 19.4 Å². The van der Waals surface area contributed by atoms with Crippen molar-refractivity contribution in [3.05, 3.63) is 74.8 Å². The van der Waals surface area contributed by atoms with Crippen molar-refractivity contribution in [2.24, 2.45) is 0 Å². The van der Waals surface area contributed by atoms with Crippen LogP contribution in [0.4, 0.5) is 5.69 Å². The number of amides is 1. The summed E-state index contributed by atoms with van der Waals surface area (Å²) in [5.41, 5.74) is 0.908. The Morgan fingerprint density at radius 2 is 2.03 bits per heavy atom. The van der Waals surface area contributed by atoms with Crippen LogP contribution < -0.4 is 14.8 Å². The van der Waals surface area contributed by atoms with E-state index >= 15 is 0 Å². The zero-order valence-corrected chi connectivity index (χ0v) is 18.1. The first-order valence-electron chi connectivity index (χ1n) is 10.1. The summed E-state index contributed by atoms with van der Waals surface area (Å²) in [5, 5.41) is 14.4. The number of hydrogen-bond donors (Lipinski definition) is 1. The SMILES string of the molecule is COc1cc(C(=O)NCc2cn3c(n2)CCCC3)ccc1Oc1ccc(Cl)cc1[N+](=O)[O-]. The number of nitro benzene ring substituents is 1. The Kier molecular flexibility index (Phi) is 6.27. The first-order valence-corrected chi connectivity index (χ1v) is 10.5. The van der Waals surface area contributed by atoms with E-state index in [9.17, 15) is 14.9 Å². The Morgan fingerprint density at radius 1 is 1.22 bits per heavy atom. The number of halogens is 1. The minimum absolute atomic E-state index is 0.0126.